The van der Waals surface area contributed by atoms with Crippen molar-refractivity contribution in [2.45, 2.75) is 20.8 Å². The fourth-order valence-corrected chi connectivity index (χ4v) is 2.41. The molecule has 0 aliphatic rings. The number of ether oxygens (including phenoxy) is 2. The molecule has 0 radical (unpaired) electrons. The Kier molecular flexibility index (Phi) is 7.92. The predicted molar refractivity (Wildman–Crippen MR) is 109 cm³/mol. The first-order valence-corrected chi connectivity index (χ1v) is 9.07. The molecule has 0 aliphatic heterocycles. The van der Waals surface area contributed by atoms with Gasteiger partial charge in [0.25, 0.3) is 5.91 Å². The smallest absolute Gasteiger partial charge is 0.252 e. The molecule has 0 saturated heterocycles. The third kappa shape index (κ3) is 6.36. The molecule has 2 rings (SSSR count). The van der Waals surface area contributed by atoms with Gasteiger partial charge in [-0.2, -0.15) is 0 Å². The normalized spacial score (nSPS) is 9.68. The van der Waals surface area contributed by atoms with Gasteiger partial charge in [-0.25, -0.2) is 0 Å². The molecule has 2 aromatic rings. The van der Waals surface area contributed by atoms with Crippen LogP contribution in [0.5, 0.6) is 11.5 Å². The van der Waals surface area contributed by atoms with E-state index in [9.17, 15) is 9.59 Å². The topological polar surface area (TPSA) is 76.7 Å². The van der Waals surface area contributed by atoms with Crippen molar-refractivity contribution in [3.63, 3.8) is 0 Å². The van der Waals surface area contributed by atoms with E-state index in [2.05, 4.69) is 22.5 Å². The highest BCUT2D eigenvalue weighted by atomic mass is 16.5. The third-order valence-electron chi connectivity index (χ3n) is 3.58. The van der Waals surface area contributed by atoms with Gasteiger partial charge < -0.3 is 20.1 Å². The summed E-state index contributed by atoms with van der Waals surface area (Å²) in [6.07, 6.45) is 0. The lowest BCUT2D eigenvalue weighted by molar-refractivity contribution is -0.114. The molecule has 0 unspecified atom stereocenters. The van der Waals surface area contributed by atoms with E-state index in [1.807, 2.05) is 13.8 Å². The monoisotopic (exact) mass is 380 g/mol. The number of anilines is 1. The number of carbonyl (C=O) groups is 2. The molecule has 6 nitrogen and oxygen atoms in total. The zero-order valence-corrected chi connectivity index (χ0v) is 16.3. The SMILES string of the molecule is CCOc1ccc(C(=O)NCC#Cc2ccc(NC(C)=O)cc2)cc1OCC. The van der Waals surface area contributed by atoms with Crippen molar-refractivity contribution in [1.29, 1.82) is 0 Å². The number of amides is 2. The van der Waals surface area contributed by atoms with Crippen LogP contribution in [-0.4, -0.2) is 31.6 Å². The molecule has 0 aromatic heterocycles. The molecule has 0 heterocycles. The molecular formula is C22H24N2O4. The maximum absolute atomic E-state index is 12.3. The Morgan fingerprint density at radius 1 is 0.964 bits per heavy atom. The summed E-state index contributed by atoms with van der Waals surface area (Å²) in [5.74, 6) is 6.68. The number of carbonyl (C=O) groups excluding carboxylic acids is 2. The molecule has 0 fully saturated rings. The van der Waals surface area contributed by atoms with Gasteiger partial charge in [-0.1, -0.05) is 11.8 Å². The molecule has 0 aliphatic carbocycles. The van der Waals surface area contributed by atoms with Gasteiger partial charge in [-0.15, -0.1) is 0 Å². The minimum Gasteiger partial charge on any atom is -0.490 e. The van der Waals surface area contributed by atoms with Crippen LogP contribution in [0.15, 0.2) is 42.5 Å². The fourth-order valence-electron chi connectivity index (χ4n) is 2.41. The average Bonchev–Trinajstić information content (AvgIpc) is 2.67. The Morgan fingerprint density at radius 3 is 2.29 bits per heavy atom. The van der Waals surface area contributed by atoms with Crippen LogP contribution < -0.4 is 20.1 Å². The number of hydrogen-bond acceptors (Lipinski definition) is 4. The van der Waals surface area contributed by atoms with Crippen molar-refractivity contribution >= 4 is 17.5 Å². The Balaban J connectivity index is 1.94. The summed E-state index contributed by atoms with van der Waals surface area (Å²) in [7, 11) is 0. The predicted octanol–water partition coefficient (Wildman–Crippen LogP) is 3.22. The summed E-state index contributed by atoms with van der Waals surface area (Å²) >= 11 is 0. The fraction of sp³-hybridized carbons (Fsp3) is 0.273. The molecule has 2 aromatic carbocycles. The largest absolute Gasteiger partial charge is 0.490 e. The van der Waals surface area contributed by atoms with Crippen LogP contribution in [0.3, 0.4) is 0 Å². The second-order valence-electron chi connectivity index (χ2n) is 5.77. The average molecular weight is 380 g/mol. The molecule has 0 spiro atoms. The van der Waals surface area contributed by atoms with E-state index in [1.165, 1.54) is 6.92 Å². The number of benzene rings is 2. The second kappa shape index (κ2) is 10.6. The highest BCUT2D eigenvalue weighted by Gasteiger charge is 2.10. The van der Waals surface area contributed by atoms with Crippen LogP contribution in [0.2, 0.25) is 0 Å². The number of rotatable bonds is 7. The standard InChI is InChI=1S/C22H24N2O4/c1-4-27-20-13-10-18(15-21(20)28-5-2)22(26)23-14-6-7-17-8-11-19(12-9-17)24-16(3)25/h8-13,15H,4-5,14H2,1-3H3,(H,23,26)(H,24,25). The van der Waals surface area contributed by atoms with Crippen LogP contribution in [0.1, 0.15) is 36.7 Å². The van der Waals surface area contributed by atoms with Crippen LogP contribution >= 0.6 is 0 Å². The minimum absolute atomic E-state index is 0.122. The van der Waals surface area contributed by atoms with Crippen molar-refractivity contribution in [3.8, 4) is 23.3 Å². The first-order valence-electron chi connectivity index (χ1n) is 9.07. The molecule has 2 amide bonds. The van der Waals surface area contributed by atoms with E-state index >= 15 is 0 Å². The van der Waals surface area contributed by atoms with Gasteiger partial charge in [0.05, 0.1) is 19.8 Å². The van der Waals surface area contributed by atoms with Crippen molar-refractivity contribution < 1.29 is 19.1 Å². The van der Waals surface area contributed by atoms with Gasteiger partial charge in [0.1, 0.15) is 0 Å². The van der Waals surface area contributed by atoms with E-state index in [1.54, 1.807) is 42.5 Å². The van der Waals surface area contributed by atoms with Gasteiger partial charge in [0, 0.05) is 23.7 Å². The van der Waals surface area contributed by atoms with E-state index in [4.69, 9.17) is 9.47 Å². The molecule has 28 heavy (non-hydrogen) atoms. The van der Waals surface area contributed by atoms with Gasteiger partial charge in [-0.3, -0.25) is 9.59 Å². The Bertz CT molecular complexity index is 880. The van der Waals surface area contributed by atoms with Gasteiger partial charge in [0.15, 0.2) is 11.5 Å². The van der Waals surface area contributed by atoms with Crippen molar-refractivity contribution in [3.05, 3.63) is 53.6 Å². The summed E-state index contributed by atoms with van der Waals surface area (Å²) in [6.45, 7) is 6.44. The number of hydrogen-bond donors (Lipinski definition) is 2. The van der Waals surface area contributed by atoms with Crippen LogP contribution in [-0.2, 0) is 4.79 Å². The quantitative estimate of drug-likeness (QED) is 0.723. The highest BCUT2D eigenvalue weighted by molar-refractivity contribution is 5.95. The van der Waals surface area contributed by atoms with E-state index in [0.29, 0.717) is 36.0 Å². The maximum atomic E-state index is 12.3. The van der Waals surface area contributed by atoms with Crippen molar-refractivity contribution in [2.24, 2.45) is 0 Å². The van der Waals surface area contributed by atoms with Crippen LogP contribution in [0.4, 0.5) is 5.69 Å². The van der Waals surface area contributed by atoms with Gasteiger partial charge in [-0.05, 0) is 56.3 Å². The summed E-state index contributed by atoms with van der Waals surface area (Å²) in [6, 6.07) is 12.3. The molecule has 0 bridgehead atoms. The lowest BCUT2D eigenvalue weighted by Crippen LogP contribution is -2.23. The van der Waals surface area contributed by atoms with E-state index < -0.39 is 0 Å². The van der Waals surface area contributed by atoms with Gasteiger partial charge >= 0.3 is 0 Å². The van der Waals surface area contributed by atoms with E-state index in [-0.39, 0.29) is 18.4 Å². The van der Waals surface area contributed by atoms with Crippen LogP contribution in [0, 0.1) is 11.8 Å². The Morgan fingerprint density at radius 2 is 1.64 bits per heavy atom. The second-order valence-corrected chi connectivity index (χ2v) is 5.77. The molecular weight excluding hydrogens is 356 g/mol. The molecule has 2 N–H and O–H groups in total. The summed E-state index contributed by atoms with van der Waals surface area (Å²) in [5, 5.41) is 5.46. The lowest BCUT2D eigenvalue weighted by Gasteiger charge is -2.12. The molecule has 0 atom stereocenters. The summed E-state index contributed by atoms with van der Waals surface area (Å²) in [5.41, 5.74) is 1.99. The summed E-state index contributed by atoms with van der Waals surface area (Å²) in [4.78, 5) is 23.3. The highest BCUT2D eigenvalue weighted by Crippen LogP contribution is 2.28. The van der Waals surface area contributed by atoms with Gasteiger partial charge in [0.2, 0.25) is 5.91 Å². The zero-order valence-electron chi connectivity index (χ0n) is 16.3. The molecule has 0 saturated carbocycles. The number of nitrogens with one attached hydrogen (secondary N) is 2. The first kappa shape index (κ1) is 20.8. The first-order chi connectivity index (χ1) is 13.5. The Labute approximate surface area is 165 Å². The van der Waals surface area contributed by atoms with Crippen molar-refractivity contribution in [2.75, 3.05) is 25.1 Å². The third-order valence-corrected chi connectivity index (χ3v) is 3.58. The molecule has 6 heteroatoms. The lowest BCUT2D eigenvalue weighted by atomic mass is 10.2. The van der Waals surface area contributed by atoms with E-state index in [0.717, 1.165) is 5.56 Å². The van der Waals surface area contributed by atoms with Crippen molar-refractivity contribution in [1.82, 2.24) is 5.32 Å². The summed E-state index contributed by atoms with van der Waals surface area (Å²) < 4.78 is 11.0. The Hall–Kier alpha value is -3.46. The molecule has 146 valence electrons. The zero-order chi connectivity index (χ0) is 20.4. The maximum Gasteiger partial charge on any atom is 0.252 e. The minimum atomic E-state index is -0.237. The van der Waals surface area contributed by atoms with Crippen LogP contribution in [0.25, 0.3) is 0 Å².